The van der Waals surface area contributed by atoms with Gasteiger partial charge in [-0.25, -0.2) is 0 Å². The number of carbonyl (C=O) groups is 3. The molecule has 0 N–H and O–H groups in total. The Bertz CT molecular complexity index is 1130. The van der Waals surface area contributed by atoms with Gasteiger partial charge in [-0.2, -0.15) is 0 Å². The average molecular weight is 942 g/mol. The maximum atomic E-state index is 12.8. The molecule has 1 unspecified atom stereocenters. The molecule has 0 aliphatic carbocycles. The predicted octanol–water partition coefficient (Wildman–Crippen LogP) is 19.7. The lowest BCUT2D eigenvalue weighted by Crippen LogP contribution is -2.30. The quantitative estimate of drug-likeness (QED) is 0.0262. The summed E-state index contributed by atoms with van der Waals surface area (Å²) in [5.41, 5.74) is 0. The largest absolute Gasteiger partial charge is 0.462 e. The van der Waals surface area contributed by atoms with Crippen LogP contribution in [0.25, 0.3) is 0 Å². The van der Waals surface area contributed by atoms with Gasteiger partial charge in [0.15, 0.2) is 6.10 Å². The van der Waals surface area contributed by atoms with Gasteiger partial charge in [-0.1, -0.05) is 256 Å². The van der Waals surface area contributed by atoms with Gasteiger partial charge in [-0.15, -0.1) is 0 Å². The molecule has 0 saturated carbocycles. The molecule has 1 atom stereocenters. The molecular weight excluding hydrogens is 829 g/mol. The molecule has 0 fully saturated rings. The van der Waals surface area contributed by atoms with Crippen LogP contribution in [0.1, 0.15) is 316 Å². The predicted molar refractivity (Wildman–Crippen MR) is 289 cm³/mol. The van der Waals surface area contributed by atoms with Crippen molar-refractivity contribution in [3.05, 3.63) is 36.5 Å². The summed E-state index contributed by atoms with van der Waals surface area (Å²) in [7, 11) is 0. The first-order chi connectivity index (χ1) is 33.0. The number of rotatable bonds is 54. The SMILES string of the molecule is CCCCC/C=C\C/C=C\CCCCCCCCCCCC(=O)OC(COC(=O)CCCCCCCCCCC)COC(=O)CCCCCCCCCCC/C=C\CCCCCCCCCC. The number of hydrogen-bond donors (Lipinski definition) is 0. The average Bonchev–Trinajstić information content (AvgIpc) is 3.33. The zero-order chi connectivity index (χ0) is 48.6. The van der Waals surface area contributed by atoms with E-state index in [0.717, 1.165) is 64.2 Å². The highest BCUT2D eigenvalue weighted by Crippen LogP contribution is 2.16. The summed E-state index contributed by atoms with van der Waals surface area (Å²) in [6, 6.07) is 0. The van der Waals surface area contributed by atoms with Crippen molar-refractivity contribution < 1.29 is 28.6 Å². The van der Waals surface area contributed by atoms with Crippen LogP contribution in [0.2, 0.25) is 0 Å². The van der Waals surface area contributed by atoms with Gasteiger partial charge in [0.05, 0.1) is 0 Å². The van der Waals surface area contributed by atoms with Crippen LogP contribution in [-0.4, -0.2) is 37.2 Å². The van der Waals surface area contributed by atoms with E-state index >= 15 is 0 Å². The molecule has 67 heavy (non-hydrogen) atoms. The van der Waals surface area contributed by atoms with E-state index in [1.165, 1.54) is 212 Å². The number of esters is 3. The van der Waals surface area contributed by atoms with E-state index in [1.54, 1.807) is 0 Å². The van der Waals surface area contributed by atoms with Crippen LogP contribution in [0.3, 0.4) is 0 Å². The third kappa shape index (κ3) is 54.4. The van der Waals surface area contributed by atoms with Crippen molar-refractivity contribution in [2.45, 2.75) is 322 Å². The Kier molecular flexibility index (Phi) is 54.2. The van der Waals surface area contributed by atoms with Gasteiger partial charge in [0.2, 0.25) is 0 Å². The minimum atomic E-state index is -0.771. The number of ether oxygens (including phenoxy) is 3. The molecule has 0 radical (unpaired) electrons. The Morgan fingerprint density at radius 3 is 0.866 bits per heavy atom. The summed E-state index contributed by atoms with van der Waals surface area (Å²) < 4.78 is 16.8. The lowest BCUT2D eigenvalue weighted by molar-refractivity contribution is -0.167. The maximum Gasteiger partial charge on any atom is 0.306 e. The minimum absolute atomic E-state index is 0.0713. The molecule has 0 aliphatic heterocycles. The van der Waals surface area contributed by atoms with Gasteiger partial charge >= 0.3 is 17.9 Å². The Morgan fingerprint density at radius 1 is 0.299 bits per heavy atom. The van der Waals surface area contributed by atoms with Crippen LogP contribution in [0.5, 0.6) is 0 Å². The molecule has 0 spiro atoms. The van der Waals surface area contributed by atoms with Crippen molar-refractivity contribution in [3.8, 4) is 0 Å². The van der Waals surface area contributed by atoms with Crippen LogP contribution < -0.4 is 0 Å². The smallest absolute Gasteiger partial charge is 0.306 e. The Morgan fingerprint density at radius 2 is 0.537 bits per heavy atom. The molecule has 392 valence electrons. The van der Waals surface area contributed by atoms with Gasteiger partial charge in [-0.3, -0.25) is 14.4 Å². The van der Waals surface area contributed by atoms with Gasteiger partial charge in [0.25, 0.3) is 0 Å². The van der Waals surface area contributed by atoms with E-state index in [9.17, 15) is 14.4 Å². The van der Waals surface area contributed by atoms with Gasteiger partial charge in [-0.05, 0) is 77.0 Å². The van der Waals surface area contributed by atoms with Crippen molar-refractivity contribution in [2.75, 3.05) is 13.2 Å². The van der Waals surface area contributed by atoms with Gasteiger partial charge < -0.3 is 14.2 Å². The Balaban J connectivity index is 4.23. The second-order valence-corrected chi connectivity index (χ2v) is 19.9. The lowest BCUT2D eigenvalue weighted by Gasteiger charge is -2.18. The number of hydrogen-bond acceptors (Lipinski definition) is 6. The minimum Gasteiger partial charge on any atom is -0.462 e. The highest BCUT2D eigenvalue weighted by atomic mass is 16.6. The fraction of sp³-hybridized carbons (Fsp3) is 0.852. The van der Waals surface area contributed by atoms with Crippen molar-refractivity contribution in [1.82, 2.24) is 0 Å². The van der Waals surface area contributed by atoms with Crippen molar-refractivity contribution in [3.63, 3.8) is 0 Å². The zero-order valence-corrected chi connectivity index (χ0v) is 44.9. The van der Waals surface area contributed by atoms with Crippen LogP contribution in [0, 0.1) is 0 Å². The summed E-state index contributed by atoms with van der Waals surface area (Å²) in [6.07, 6.45) is 67.2. The standard InChI is InChI=1S/C61H112O6/c1-4-7-10-13-16-19-21-23-25-27-29-30-32-33-35-37-39-42-45-48-51-54-60(63)66-57-58(56-65-59(62)53-50-47-44-41-18-15-12-9-6-3)67-61(64)55-52-49-46-43-40-38-36-34-31-28-26-24-22-20-17-14-11-8-5-2/h17,20,24,26-27,29,58H,4-16,18-19,21-23,25,28,30-57H2,1-3H3/b20-17-,26-24-,29-27-. The van der Waals surface area contributed by atoms with Gasteiger partial charge in [0.1, 0.15) is 13.2 Å². The maximum absolute atomic E-state index is 12.8. The van der Waals surface area contributed by atoms with Crippen molar-refractivity contribution >= 4 is 17.9 Å². The molecule has 6 heteroatoms. The summed E-state index contributed by atoms with van der Waals surface area (Å²) in [5, 5.41) is 0. The fourth-order valence-electron chi connectivity index (χ4n) is 8.65. The Hall–Kier alpha value is -2.37. The van der Waals surface area contributed by atoms with E-state index in [2.05, 4.69) is 57.2 Å². The van der Waals surface area contributed by atoms with E-state index in [0.29, 0.717) is 19.3 Å². The zero-order valence-electron chi connectivity index (χ0n) is 44.9. The second kappa shape index (κ2) is 56.2. The number of carbonyl (C=O) groups excluding carboxylic acids is 3. The lowest BCUT2D eigenvalue weighted by atomic mass is 10.1. The molecule has 0 amide bonds. The summed E-state index contributed by atoms with van der Waals surface area (Å²) in [5.74, 6) is -0.864. The van der Waals surface area contributed by atoms with Crippen LogP contribution in [0.15, 0.2) is 36.5 Å². The van der Waals surface area contributed by atoms with Crippen molar-refractivity contribution in [1.29, 1.82) is 0 Å². The third-order valence-corrected chi connectivity index (χ3v) is 13.1. The number of allylic oxidation sites excluding steroid dienone is 6. The van der Waals surface area contributed by atoms with E-state index < -0.39 is 6.10 Å². The van der Waals surface area contributed by atoms with Crippen LogP contribution in [-0.2, 0) is 28.6 Å². The van der Waals surface area contributed by atoms with Crippen molar-refractivity contribution in [2.24, 2.45) is 0 Å². The fourth-order valence-corrected chi connectivity index (χ4v) is 8.65. The van der Waals surface area contributed by atoms with E-state index in [-0.39, 0.29) is 31.1 Å². The first-order valence-electron chi connectivity index (χ1n) is 29.5. The normalized spacial score (nSPS) is 12.2. The second-order valence-electron chi connectivity index (χ2n) is 19.9. The first-order valence-corrected chi connectivity index (χ1v) is 29.5. The molecule has 0 aromatic carbocycles. The third-order valence-electron chi connectivity index (χ3n) is 13.1. The molecular formula is C61H112O6. The summed E-state index contributed by atoms with van der Waals surface area (Å²) in [4.78, 5) is 38.1. The van der Waals surface area contributed by atoms with Crippen LogP contribution in [0.4, 0.5) is 0 Å². The van der Waals surface area contributed by atoms with E-state index in [1.807, 2.05) is 0 Å². The highest BCUT2D eigenvalue weighted by molar-refractivity contribution is 5.71. The van der Waals surface area contributed by atoms with Crippen LogP contribution >= 0.6 is 0 Å². The summed E-state index contributed by atoms with van der Waals surface area (Å²) >= 11 is 0. The molecule has 6 nitrogen and oxygen atoms in total. The first kappa shape index (κ1) is 64.6. The van der Waals surface area contributed by atoms with Gasteiger partial charge in [0, 0.05) is 19.3 Å². The molecule has 0 bridgehead atoms. The van der Waals surface area contributed by atoms with E-state index in [4.69, 9.17) is 14.2 Å². The molecule has 0 saturated heterocycles. The molecule has 0 aromatic heterocycles. The molecule has 0 aliphatic rings. The number of unbranched alkanes of at least 4 members (excludes halogenated alkanes) is 37. The molecule has 0 heterocycles. The highest BCUT2D eigenvalue weighted by Gasteiger charge is 2.19. The molecule has 0 aromatic rings. The Labute approximate surface area is 416 Å². The summed E-state index contributed by atoms with van der Waals surface area (Å²) in [6.45, 7) is 6.63. The monoisotopic (exact) mass is 941 g/mol. The topological polar surface area (TPSA) is 78.9 Å². The molecule has 0 rings (SSSR count).